The molecule has 0 bridgehead atoms. The first-order valence-corrected chi connectivity index (χ1v) is 12.1. The summed E-state index contributed by atoms with van der Waals surface area (Å²) in [5.74, 6) is -0.915. The number of halogens is 3. The molecule has 0 aliphatic rings. The number of aliphatic hydroxyl groups is 1. The van der Waals surface area contributed by atoms with Crippen LogP contribution in [0.5, 0.6) is 11.6 Å². The molecule has 3 aromatic rings. The fourth-order valence-corrected chi connectivity index (χ4v) is 4.80. The minimum absolute atomic E-state index is 0.0730. The van der Waals surface area contributed by atoms with Crippen molar-refractivity contribution >= 4 is 10.0 Å². The van der Waals surface area contributed by atoms with Crippen molar-refractivity contribution in [3.63, 3.8) is 0 Å². The first-order valence-electron chi connectivity index (χ1n) is 10.5. The van der Waals surface area contributed by atoms with Crippen LogP contribution >= 0.6 is 0 Å². The Morgan fingerprint density at radius 3 is 2.35 bits per heavy atom. The molecule has 0 saturated heterocycles. The van der Waals surface area contributed by atoms with Gasteiger partial charge >= 0.3 is 6.18 Å². The van der Waals surface area contributed by atoms with E-state index < -0.39 is 27.5 Å². The number of rotatable bonds is 9. The smallest absolute Gasteiger partial charge is 0.404 e. The lowest BCUT2D eigenvalue weighted by atomic mass is 9.93. The van der Waals surface area contributed by atoms with E-state index in [1.807, 2.05) is 6.92 Å². The minimum atomic E-state index is -4.84. The molecule has 2 aromatic carbocycles. The van der Waals surface area contributed by atoms with Crippen LogP contribution in [0.2, 0.25) is 0 Å². The Morgan fingerprint density at radius 2 is 1.76 bits per heavy atom. The van der Waals surface area contributed by atoms with E-state index in [9.17, 15) is 26.7 Å². The average Bonchev–Trinajstić information content (AvgIpc) is 3.14. The minimum Gasteiger partial charge on any atom is -0.439 e. The molecule has 0 fully saturated rings. The van der Waals surface area contributed by atoms with Crippen molar-refractivity contribution < 1.29 is 31.4 Å². The number of nitrogens with zero attached hydrogens (tertiary/aromatic N) is 2. The summed E-state index contributed by atoms with van der Waals surface area (Å²) in [6, 6.07) is 15.4. The Bertz CT molecular complexity index is 1240. The van der Waals surface area contributed by atoms with E-state index in [1.165, 1.54) is 13.8 Å². The van der Waals surface area contributed by atoms with Gasteiger partial charge in [-0.05, 0) is 50.1 Å². The van der Waals surface area contributed by atoms with Crippen molar-refractivity contribution in [3.05, 3.63) is 65.7 Å². The summed E-state index contributed by atoms with van der Waals surface area (Å²) in [5.41, 5.74) is 1.14. The third kappa shape index (κ3) is 6.58. The Balaban J connectivity index is 1.87. The Labute approximate surface area is 196 Å². The summed E-state index contributed by atoms with van der Waals surface area (Å²) in [6.45, 7) is 5.33. The first kappa shape index (κ1) is 25.7. The van der Waals surface area contributed by atoms with Gasteiger partial charge < -0.3 is 9.84 Å². The number of benzene rings is 2. The van der Waals surface area contributed by atoms with Gasteiger partial charge in [-0.15, -0.1) is 0 Å². The topological polar surface area (TPSA) is 93.5 Å². The number of nitrogens with one attached hydrogen (secondary N) is 1. The second-order valence-corrected chi connectivity index (χ2v) is 9.99. The highest BCUT2D eigenvalue weighted by molar-refractivity contribution is 7.89. The summed E-state index contributed by atoms with van der Waals surface area (Å²) in [6.07, 6.45) is -4.84. The fraction of sp³-hybridized carbons (Fsp3) is 0.348. The summed E-state index contributed by atoms with van der Waals surface area (Å²) in [7, 11) is -4.60. The molecule has 0 radical (unpaired) electrons. The van der Waals surface area contributed by atoms with E-state index in [4.69, 9.17) is 4.74 Å². The van der Waals surface area contributed by atoms with Crippen molar-refractivity contribution in [2.24, 2.45) is 0 Å². The maximum atomic E-state index is 12.6. The third-order valence-corrected chi connectivity index (χ3v) is 6.54. The average molecular weight is 498 g/mol. The van der Waals surface area contributed by atoms with Crippen LogP contribution < -0.4 is 9.46 Å². The van der Waals surface area contributed by atoms with Crippen molar-refractivity contribution in [2.75, 3.05) is 5.75 Å². The zero-order valence-electron chi connectivity index (χ0n) is 18.9. The summed E-state index contributed by atoms with van der Waals surface area (Å²) < 4.78 is 71.6. The molecule has 11 heteroatoms. The van der Waals surface area contributed by atoms with Crippen LogP contribution in [-0.4, -0.2) is 35.2 Å². The van der Waals surface area contributed by atoms with Gasteiger partial charge in [-0.25, -0.2) is 17.8 Å². The summed E-state index contributed by atoms with van der Waals surface area (Å²) in [5, 5.41) is 13.7. The molecular formula is C23H26F3N3O4S. The molecule has 0 aliphatic heterocycles. The van der Waals surface area contributed by atoms with Crippen LogP contribution in [0.1, 0.15) is 31.9 Å². The van der Waals surface area contributed by atoms with Crippen molar-refractivity contribution in [1.29, 1.82) is 0 Å². The van der Waals surface area contributed by atoms with Gasteiger partial charge in [0.05, 0.1) is 17.8 Å². The van der Waals surface area contributed by atoms with E-state index >= 15 is 0 Å². The zero-order chi connectivity index (χ0) is 25.1. The number of aliphatic hydroxyl groups excluding tert-OH is 1. The lowest BCUT2D eigenvalue weighted by molar-refractivity contribution is -0.106. The summed E-state index contributed by atoms with van der Waals surface area (Å²) >= 11 is 0. The number of hydrogen-bond donors (Lipinski definition) is 2. The van der Waals surface area contributed by atoms with Crippen molar-refractivity contribution in [1.82, 2.24) is 14.5 Å². The fourth-order valence-electron chi connectivity index (χ4n) is 3.40. The van der Waals surface area contributed by atoms with E-state index in [-0.39, 0.29) is 6.61 Å². The largest absolute Gasteiger partial charge is 0.439 e. The number of alkyl halides is 3. The van der Waals surface area contributed by atoms with E-state index in [0.717, 1.165) is 5.56 Å². The Morgan fingerprint density at radius 1 is 1.09 bits per heavy atom. The number of aromatic nitrogens is 2. The molecule has 34 heavy (non-hydrogen) atoms. The van der Waals surface area contributed by atoms with Crippen LogP contribution in [0.15, 0.2) is 54.6 Å². The molecule has 7 nitrogen and oxygen atoms in total. The maximum absolute atomic E-state index is 12.6. The molecule has 2 N–H and O–H groups in total. The van der Waals surface area contributed by atoms with Crippen LogP contribution in [0, 0.1) is 0 Å². The highest BCUT2D eigenvalue weighted by Crippen LogP contribution is 2.31. The molecule has 0 unspecified atom stereocenters. The molecular weight excluding hydrogens is 471 g/mol. The van der Waals surface area contributed by atoms with Gasteiger partial charge in [0.1, 0.15) is 5.75 Å². The van der Waals surface area contributed by atoms with Gasteiger partial charge in [0.2, 0.25) is 15.9 Å². The van der Waals surface area contributed by atoms with Crippen LogP contribution in [0.25, 0.3) is 11.3 Å². The molecule has 3 rings (SSSR count). The van der Waals surface area contributed by atoms with Gasteiger partial charge in [-0.2, -0.15) is 18.3 Å². The van der Waals surface area contributed by atoms with Crippen LogP contribution in [0.3, 0.4) is 0 Å². The quantitative estimate of drug-likeness (QED) is 0.452. The van der Waals surface area contributed by atoms with Crippen molar-refractivity contribution in [2.45, 2.75) is 45.6 Å². The lowest BCUT2D eigenvalue weighted by Crippen LogP contribution is -2.44. The van der Waals surface area contributed by atoms with Crippen molar-refractivity contribution in [3.8, 4) is 22.9 Å². The Kier molecular flexibility index (Phi) is 7.39. The third-order valence-electron chi connectivity index (χ3n) is 5.02. The number of sulfonamides is 1. The van der Waals surface area contributed by atoms with Gasteiger partial charge in [-0.3, -0.25) is 0 Å². The first-order chi connectivity index (χ1) is 15.8. The standard InChI is InChI=1S/C23H26F3N3O4S/c1-4-29-21(33-19-10-8-16(14-30)9-11-19)13-20(27-29)17-6-5-7-18(12-17)22(2,3)28-34(31,32)15-23(24,25)26/h5-13,28,30H,4,14-15H2,1-3H3. The van der Waals surface area contributed by atoms with Crippen LogP contribution in [0.4, 0.5) is 13.2 Å². The number of hydrogen-bond acceptors (Lipinski definition) is 5. The van der Waals surface area contributed by atoms with Gasteiger partial charge in [-0.1, -0.05) is 30.3 Å². The van der Waals surface area contributed by atoms with Crippen LogP contribution in [-0.2, 0) is 28.7 Å². The van der Waals surface area contributed by atoms with E-state index in [0.29, 0.717) is 35.0 Å². The predicted octanol–water partition coefficient (Wildman–Crippen LogP) is 4.57. The molecule has 0 spiro atoms. The maximum Gasteiger partial charge on any atom is 0.404 e. The molecule has 0 atom stereocenters. The SMILES string of the molecule is CCn1nc(-c2cccc(C(C)(C)NS(=O)(=O)CC(F)(F)F)c2)cc1Oc1ccc(CO)cc1. The number of aryl methyl sites for hydroxylation is 1. The number of ether oxygens (including phenoxy) is 1. The molecule has 1 aromatic heterocycles. The second kappa shape index (κ2) is 9.77. The zero-order valence-corrected chi connectivity index (χ0v) is 19.7. The monoisotopic (exact) mass is 497 g/mol. The normalized spacial score (nSPS) is 12.7. The molecule has 0 aliphatic carbocycles. The summed E-state index contributed by atoms with van der Waals surface area (Å²) in [4.78, 5) is 0. The van der Waals surface area contributed by atoms with Gasteiger partial charge in [0, 0.05) is 18.2 Å². The van der Waals surface area contributed by atoms with Gasteiger partial charge in [0.25, 0.3) is 0 Å². The van der Waals surface area contributed by atoms with E-state index in [2.05, 4.69) is 9.82 Å². The Hall–Kier alpha value is -2.89. The predicted molar refractivity (Wildman–Crippen MR) is 122 cm³/mol. The lowest BCUT2D eigenvalue weighted by Gasteiger charge is -2.27. The highest BCUT2D eigenvalue weighted by atomic mass is 32.2. The molecule has 0 saturated carbocycles. The second-order valence-electron chi connectivity index (χ2n) is 8.27. The highest BCUT2D eigenvalue weighted by Gasteiger charge is 2.38. The molecule has 1 heterocycles. The van der Waals surface area contributed by atoms with Gasteiger partial charge in [0.15, 0.2) is 5.75 Å². The van der Waals surface area contributed by atoms with E-state index in [1.54, 1.807) is 59.3 Å². The molecule has 0 amide bonds. The molecule has 184 valence electrons.